The fraction of sp³-hybridized carbons (Fsp3) is 0.391. The van der Waals surface area contributed by atoms with Crippen LogP contribution in [0, 0.1) is 30.1 Å². The van der Waals surface area contributed by atoms with Gasteiger partial charge in [0.2, 0.25) is 5.95 Å². The molecule has 7 nitrogen and oxygen atoms in total. The predicted octanol–water partition coefficient (Wildman–Crippen LogP) is 3.79. The quantitative estimate of drug-likeness (QED) is 0.628. The fourth-order valence-electron chi connectivity index (χ4n) is 4.66. The highest BCUT2D eigenvalue weighted by molar-refractivity contribution is 6.29. The maximum atomic E-state index is 13.2. The van der Waals surface area contributed by atoms with Gasteiger partial charge in [-0.3, -0.25) is 9.36 Å². The minimum Gasteiger partial charge on any atom is -0.376 e. The Labute approximate surface area is 185 Å². The lowest BCUT2D eigenvalue weighted by Gasteiger charge is -2.24. The number of nitrogens with zero attached hydrogens (tertiary/aromatic N) is 5. The second-order valence-electron chi connectivity index (χ2n) is 8.70. The molecule has 0 radical (unpaired) electrons. The van der Waals surface area contributed by atoms with Crippen molar-refractivity contribution in [1.82, 2.24) is 14.5 Å². The summed E-state index contributed by atoms with van der Waals surface area (Å²) < 4.78 is 1.67. The number of hydrogen-bond acceptors (Lipinski definition) is 6. The van der Waals surface area contributed by atoms with E-state index in [9.17, 15) is 10.1 Å². The zero-order valence-corrected chi connectivity index (χ0v) is 18.4. The first-order chi connectivity index (χ1) is 14.9. The van der Waals surface area contributed by atoms with E-state index in [2.05, 4.69) is 21.3 Å². The van der Waals surface area contributed by atoms with Crippen LogP contribution < -0.4 is 15.8 Å². The third-order valence-electron chi connectivity index (χ3n) is 6.40. The van der Waals surface area contributed by atoms with Crippen molar-refractivity contribution in [3.8, 4) is 6.07 Å². The van der Waals surface area contributed by atoms with E-state index in [0.717, 1.165) is 42.0 Å². The van der Waals surface area contributed by atoms with E-state index >= 15 is 0 Å². The van der Waals surface area contributed by atoms with E-state index < -0.39 is 0 Å². The summed E-state index contributed by atoms with van der Waals surface area (Å²) in [6.07, 6.45) is 1.29. The molecule has 8 heteroatoms. The number of piperidine rings is 1. The van der Waals surface area contributed by atoms with Gasteiger partial charge in [-0.05, 0) is 55.9 Å². The Bertz CT molecular complexity index is 1300. The lowest BCUT2D eigenvalue weighted by Crippen LogP contribution is -2.31. The molecule has 31 heavy (non-hydrogen) atoms. The highest BCUT2D eigenvalue weighted by atomic mass is 35.5. The minimum atomic E-state index is -0.197. The maximum Gasteiger partial charge on any atom is 0.262 e. The van der Waals surface area contributed by atoms with Crippen LogP contribution in [0.5, 0.6) is 0 Å². The zero-order chi connectivity index (χ0) is 21.9. The van der Waals surface area contributed by atoms with Gasteiger partial charge in [0.25, 0.3) is 5.56 Å². The van der Waals surface area contributed by atoms with Gasteiger partial charge < -0.3 is 10.2 Å². The lowest BCUT2D eigenvalue weighted by molar-refractivity contribution is 0.729. The SMILES string of the molecule is Cc1cc([C@H](C)Nc2ccc(Cl)nc2C#N)c2nc(N3CC4CC4C3)n(C)c(=O)c2c1. The van der Waals surface area contributed by atoms with E-state index in [1.165, 1.54) is 6.42 Å². The van der Waals surface area contributed by atoms with E-state index in [1.807, 2.05) is 26.0 Å². The van der Waals surface area contributed by atoms with Crippen LogP contribution in [-0.2, 0) is 7.05 Å². The van der Waals surface area contributed by atoms with Crippen molar-refractivity contribution >= 4 is 34.1 Å². The van der Waals surface area contributed by atoms with Crippen molar-refractivity contribution in [2.45, 2.75) is 26.3 Å². The van der Waals surface area contributed by atoms with E-state index in [1.54, 1.807) is 23.7 Å². The molecule has 2 aromatic heterocycles. The number of nitrogens with one attached hydrogen (secondary N) is 1. The summed E-state index contributed by atoms with van der Waals surface area (Å²) in [5, 5.41) is 13.7. The highest BCUT2D eigenvalue weighted by Gasteiger charge is 2.46. The van der Waals surface area contributed by atoms with E-state index in [0.29, 0.717) is 16.6 Å². The first-order valence-electron chi connectivity index (χ1n) is 10.4. The minimum absolute atomic E-state index is 0.0383. The van der Waals surface area contributed by atoms with Crippen molar-refractivity contribution < 1.29 is 0 Å². The van der Waals surface area contributed by atoms with Crippen molar-refractivity contribution in [2.75, 3.05) is 23.3 Å². The van der Waals surface area contributed by atoms with Gasteiger partial charge in [0.1, 0.15) is 11.2 Å². The molecule has 158 valence electrons. The third kappa shape index (κ3) is 3.41. The fourth-order valence-corrected chi connectivity index (χ4v) is 4.81. The van der Waals surface area contributed by atoms with Gasteiger partial charge >= 0.3 is 0 Å². The second kappa shape index (κ2) is 7.24. The monoisotopic (exact) mass is 434 g/mol. The summed E-state index contributed by atoms with van der Waals surface area (Å²) in [5.41, 5.74) is 3.39. The van der Waals surface area contributed by atoms with Crippen LogP contribution in [0.2, 0.25) is 5.15 Å². The van der Waals surface area contributed by atoms with E-state index in [4.69, 9.17) is 16.6 Å². The van der Waals surface area contributed by atoms with Crippen molar-refractivity contribution in [1.29, 1.82) is 5.26 Å². The number of pyridine rings is 1. The Balaban J connectivity index is 1.60. The molecule has 2 fully saturated rings. The van der Waals surface area contributed by atoms with E-state index in [-0.39, 0.29) is 22.4 Å². The molecule has 0 spiro atoms. The Hall–Kier alpha value is -3.11. The lowest BCUT2D eigenvalue weighted by atomic mass is 10.0. The maximum absolute atomic E-state index is 13.2. The number of halogens is 1. The number of fused-ring (bicyclic) bond motifs is 2. The largest absolute Gasteiger partial charge is 0.376 e. The molecular weight excluding hydrogens is 412 g/mol. The Morgan fingerprint density at radius 3 is 2.71 bits per heavy atom. The van der Waals surface area contributed by atoms with Crippen LogP contribution in [0.3, 0.4) is 0 Å². The van der Waals surface area contributed by atoms with Gasteiger partial charge in [-0.25, -0.2) is 9.97 Å². The van der Waals surface area contributed by atoms with Gasteiger partial charge in [0, 0.05) is 25.7 Å². The zero-order valence-electron chi connectivity index (χ0n) is 17.7. The molecule has 1 aliphatic heterocycles. The number of anilines is 2. The predicted molar refractivity (Wildman–Crippen MR) is 122 cm³/mol. The number of aromatic nitrogens is 3. The van der Waals surface area contributed by atoms with Gasteiger partial charge in [0.15, 0.2) is 5.69 Å². The summed E-state index contributed by atoms with van der Waals surface area (Å²) in [5.74, 6) is 2.22. The standard InChI is InChI=1S/C23H23ClN6O/c1-12-6-16(13(2)26-18-4-5-20(24)27-19(18)9-25)21-17(7-12)22(31)29(3)23(28-21)30-10-14-8-15(14)11-30/h4-7,13-15,26H,8,10-11H2,1-3H3/t13-,14?,15?/m0/s1. The summed E-state index contributed by atoms with van der Waals surface area (Å²) in [7, 11) is 1.80. The Morgan fingerprint density at radius 2 is 2.00 bits per heavy atom. The summed E-state index contributed by atoms with van der Waals surface area (Å²) in [4.78, 5) is 24.5. The van der Waals surface area contributed by atoms with Crippen molar-refractivity contribution in [3.05, 3.63) is 56.6 Å². The van der Waals surface area contributed by atoms with Gasteiger partial charge in [0.05, 0.1) is 22.6 Å². The van der Waals surface area contributed by atoms with Crippen LogP contribution in [-0.4, -0.2) is 27.6 Å². The molecule has 2 unspecified atom stereocenters. The topological polar surface area (TPSA) is 86.8 Å². The van der Waals surface area contributed by atoms with Crippen LogP contribution in [0.15, 0.2) is 29.1 Å². The number of nitriles is 1. The van der Waals surface area contributed by atoms with Crippen molar-refractivity contribution in [2.24, 2.45) is 18.9 Å². The van der Waals surface area contributed by atoms with Crippen molar-refractivity contribution in [3.63, 3.8) is 0 Å². The van der Waals surface area contributed by atoms with Crippen LogP contribution in [0.4, 0.5) is 11.6 Å². The molecule has 0 bridgehead atoms. The average molecular weight is 435 g/mol. The third-order valence-corrected chi connectivity index (χ3v) is 6.61. The molecule has 1 saturated heterocycles. The van der Waals surface area contributed by atoms with Gasteiger partial charge in [-0.15, -0.1) is 0 Å². The average Bonchev–Trinajstić information content (AvgIpc) is 3.36. The number of benzene rings is 1. The van der Waals surface area contributed by atoms with Crippen LogP contribution >= 0.6 is 11.6 Å². The molecule has 2 aliphatic rings. The molecule has 0 amide bonds. The van der Waals surface area contributed by atoms with Crippen LogP contribution in [0.1, 0.15) is 36.2 Å². The van der Waals surface area contributed by atoms with Gasteiger partial charge in [-0.1, -0.05) is 17.7 Å². The molecular formula is C23H23ClN6O. The molecule has 3 heterocycles. The molecule has 5 rings (SSSR count). The molecule has 1 saturated carbocycles. The molecule has 1 aromatic carbocycles. The molecule has 3 aromatic rings. The first kappa shape index (κ1) is 19.8. The highest BCUT2D eigenvalue weighted by Crippen LogP contribution is 2.46. The number of aryl methyl sites for hydroxylation is 1. The summed E-state index contributed by atoms with van der Waals surface area (Å²) in [6.45, 7) is 5.90. The number of rotatable bonds is 4. The molecule has 1 N–H and O–H groups in total. The molecule has 1 aliphatic carbocycles. The summed E-state index contributed by atoms with van der Waals surface area (Å²) >= 11 is 5.93. The second-order valence-corrected chi connectivity index (χ2v) is 9.08. The first-order valence-corrected chi connectivity index (χ1v) is 10.8. The smallest absolute Gasteiger partial charge is 0.262 e. The summed E-state index contributed by atoms with van der Waals surface area (Å²) in [6, 6.07) is 9.23. The van der Waals surface area contributed by atoms with Crippen LogP contribution in [0.25, 0.3) is 10.9 Å². The number of hydrogen-bond donors (Lipinski definition) is 1. The van der Waals surface area contributed by atoms with Gasteiger partial charge in [-0.2, -0.15) is 5.26 Å². The Kier molecular flexibility index (Phi) is 4.63. The Morgan fingerprint density at radius 1 is 1.26 bits per heavy atom. The normalized spacial score (nSPS) is 20.4. The molecule has 3 atom stereocenters.